The van der Waals surface area contributed by atoms with Crippen LogP contribution in [0.25, 0.3) is 0 Å². The number of piperidine rings is 1. The number of likely N-dealkylation sites (tertiary alicyclic amines) is 1. The molecule has 2 aromatic carbocycles. The molecule has 0 radical (unpaired) electrons. The molecule has 1 heterocycles. The summed E-state index contributed by atoms with van der Waals surface area (Å²) in [7, 11) is 0. The molecule has 1 saturated heterocycles. The van der Waals surface area contributed by atoms with Gasteiger partial charge < -0.3 is 5.11 Å². The smallest absolute Gasteiger partial charge is 0.115 e. The van der Waals surface area contributed by atoms with Gasteiger partial charge in [0, 0.05) is 18.0 Å². The molecule has 1 N–H and O–H groups in total. The first-order valence-electron chi connectivity index (χ1n) is 9.26. The molecule has 0 aromatic heterocycles. The normalized spacial score (nSPS) is 30.2. The highest BCUT2D eigenvalue weighted by Crippen LogP contribution is 2.51. The van der Waals surface area contributed by atoms with Crippen LogP contribution >= 0.6 is 0 Å². The Hall–Kier alpha value is -1.80. The van der Waals surface area contributed by atoms with E-state index in [1.165, 1.54) is 36.8 Å². The highest BCUT2D eigenvalue weighted by atomic mass is 16.3. The predicted octanol–water partition coefficient (Wildman–Crippen LogP) is 4.72. The highest BCUT2D eigenvalue weighted by molar-refractivity contribution is 5.35. The van der Waals surface area contributed by atoms with Crippen LogP contribution in [-0.2, 0) is 12.0 Å². The Bertz CT molecular complexity index is 698. The molecule has 2 aliphatic rings. The van der Waals surface area contributed by atoms with Crippen LogP contribution in [0, 0.1) is 5.92 Å². The summed E-state index contributed by atoms with van der Waals surface area (Å²) in [5.74, 6) is 1.04. The van der Waals surface area contributed by atoms with Crippen molar-refractivity contribution >= 4 is 0 Å². The number of fused-ring (bicyclic) bond motifs is 2. The van der Waals surface area contributed by atoms with Crippen LogP contribution in [0.4, 0.5) is 0 Å². The van der Waals surface area contributed by atoms with Crippen molar-refractivity contribution in [1.29, 1.82) is 0 Å². The molecule has 4 rings (SSSR count). The molecule has 2 fully saturated rings. The zero-order chi connectivity index (χ0) is 16.6. The molecule has 2 aromatic rings. The summed E-state index contributed by atoms with van der Waals surface area (Å²) in [6, 6.07) is 19.5. The van der Waals surface area contributed by atoms with Crippen LogP contribution in [0.2, 0.25) is 0 Å². The number of phenols is 1. The lowest BCUT2D eigenvalue weighted by Gasteiger charge is -2.55. The first kappa shape index (κ1) is 15.7. The molecule has 24 heavy (non-hydrogen) atoms. The third-order valence-corrected chi connectivity index (χ3v) is 6.54. The molecule has 2 nitrogen and oxygen atoms in total. The third kappa shape index (κ3) is 2.63. The van der Waals surface area contributed by atoms with Gasteiger partial charge in [-0.2, -0.15) is 0 Å². The molecule has 1 aliphatic heterocycles. The number of phenolic OH excluding ortho intramolecular Hbond substituents is 1. The lowest BCUT2D eigenvalue weighted by molar-refractivity contribution is -0.00795. The summed E-state index contributed by atoms with van der Waals surface area (Å²) < 4.78 is 0. The molecular formula is C22H27NO. The summed E-state index contributed by atoms with van der Waals surface area (Å²) in [6.45, 7) is 4.65. The second-order valence-electron chi connectivity index (χ2n) is 7.66. The van der Waals surface area contributed by atoms with Crippen LogP contribution in [-0.4, -0.2) is 22.6 Å². The van der Waals surface area contributed by atoms with Crippen LogP contribution in [0.1, 0.15) is 43.7 Å². The minimum absolute atomic E-state index is 0.245. The molecule has 2 bridgehead atoms. The molecule has 2 heteroatoms. The van der Waals surface area contributed by atoms with Crippen LogP contribution in [0.5, 0.6) is 5.75 Å². The van der Waals surface area contributed by atoms with Gasteiger partial charge in [0.05, 0.1) is 0 Å². The molecule has 0 amide bonds. The lowest BCUT2D eigenvalue weighted by Crippen LogP contribution is -2.57. The maximum Gasteiger partial charge on any atom is 0.115 e. The van der Waals surface area contributed by atoms with E-state index in [1.54, 1.807) is 6.07 Å². The van der Waals surface area contributed by atoms with Crippen molar-refractivity contribution in [2.45, 2.75) is 50.6 Å². The summed E-state index contributed by atoms with van der Waals surface area (Å²) in [5.41, 5.74) is 3.01. The fourth-order valence-electron chi connectivity index (χ4n) is 5.21. The van der Waals surface area contributed by atoms with Crippen LogP contribution in [0.3, 0.4) is 0 Å². The zero-order valence-corrected chi connectivity index (χ0v) is 14.5. The standard InChI is InChI=1S/C22H27NO/c1-17-21-11-6-12-22(17,19-9-5-10-20(24)15-19)13-14-23(21)16-18-7-3-2-4-8-18/h2-5,7-10,15,17,21,24H,6,11-14,16H2,1H3/t17-,21-,22+/m0/s1. The second kappa shape index (κ2) is 6.25. The molecule has 1 aliphatic carbocycles. The summed E-state index contributed by atoms with van der Waals surface area (Å²) in [4.78, 5) is 2.69. The summed E-state index contributed by atoms with van der Waals surface area (Å²) in [5, 5.41) is 9.96. The highest BCUT2D eigenvalue weighted by Gasteiger charge is 2.49. The minimum atomic E-state index is 0.245. The fourth-order valence-corrected chi connectivity index (χ4v) is 5.21. The Morgan fingerprint density at radius 1 is 1.08 bits per heavy atom. The quantitative estimate of drug-likeness (QED) is 0.884. The molecule has 0 spiro atoms. The Morgan fingerprint density at radius 2 is 1.92 bits per heavy atom. The van der Waals surface area contributed by atoms with E-state index in [9.17, 15) is 5.11 Å². The number of nitrogens with zero attached hydrogens (tertiary/aromatic N) is 1. The van der Waals surface area contributed by atoms with E-state index >= 15 is 0 Å². The maximum absolute atomic E-state index is 9.96. The Labute approximate surface area is 145 Å². The van der Waals surface area contributed by atoms with Gasteiger partial charge in [-0.25, -0.2) is 0 Å². The van der Waals surface area contributed by atoms with Gasteiger partial charge in [-0.1, -0.05) is 55.8 Å². The largest absolute Gasteiger partial charge is 0.508 e. The van der Waals surface area contributed by atoms with Gasteiger partial charge in [-0.15, -0.1) is 0 Å². The van der Waals surface area contributed by atoms with Crippen molar-refractivity contribution in [3.63, 3.8) is 0 Å². The number of hydrogen-bond acceptors (Lipinski definition) is 2. The first-order chi connectivity index (χ1) is 11.7. The van der Waals surface area contributed by atoms with Gasteiger partial charge in [0.25, 0.3) is 0 Å². The molecule has 0 unspecified atom stereocenters. The minimum Gasteiger partial charge on any atom is -0.508 e. The predicted molar refractivity (Wildman–Crippen MR) is 98.1 cm³/mol. The topological polar surface area (TPSA) is 23.5 Å². The Morgan fingerprint density at radius 3 is 2.71 bits per heavy atom. The summed E-state index contributed by atoms with van der Waals surface area (Å²) >= 11 is 0. The SMILES string of the molecule is C[C@H]1[C@@H]2CCC[C@@]1(c1cccc(O)c1)CCN2Cc1ccccc1. The van der Waals surface area contributed by atoms with E-state index in [-0.39, 0.29) is 5.41 Å². The summed E-state index contributed by atoms with van der Waals surface area (Å²) in [6.07, 6.45) is 5.04. The van der Waals surface area contributed by atoms with Crippen molar-refractivity contribution in [3.05, 3.63) is 65.7 Å². The van der Waals surface area contributed by atoms with Gasteiger partial charge in [0.2, 0.25) is 0 Å². The van der Waals surface area contributed by atoms with Gasteiger partial charge in [-0.3, -0.25) is 4.90 Å². The average molecular weight is 321 g/mol. The number of aromatic hydroxyl groups is 1. The van der Waals surface area contributed by atoms with Crippen molar-refractivity contribution in [1.82, 2.24) is 4.90 Å². The van der Waals surface area contributed by atoms with Crippen LogP contribution < -0.4 is 0 Å². The molecule has 1 saturated carbocycles. The van der Waals surface area contributed by atoms with E-state index in [0.29, 0.717) is 17.7 Å². The first-order valence-corrected chi connectivity index (χ1v) is 9.26. The average Bonchev–Trinajstić information content (AvgIpc) is 2.59. The van der Waals surface area contributed by atoms with E-state index in [4.69, 9.17) is 0 Å². The van der Waals surface area contributed by atoms with Crippen molar-refractivity contribution in [2.75, 3.05) is 6.54 Å². The van der Waals surface area contributed by atoms with Crippen molar-refractivity contribution in [2.24, 2.45) is 5.92 Å². The number of hydrogen-bond donors (Lipinski definition) is 1. The molecular weight excluding hydrogens is 294 g/mol. The molecule has 126 valence electrons. The second-order valence-corrected chi connectivity index (χ2v) is 7.66. The van der Waals surface area contributed by atoms with Crippen molar-refractivity contribution in [3.8, 4) is 5.75 Å². The van der Waals surface area contributed by atoms with Gasteiger partial charge in [0.1, 0.15) is 5.75 Å². The number of benzene rings is 2. The van der Waals surface area contributed by atoms with Gasteiger partial charge >= 0.3 is 0 Å². The Kier molecular flexibility index (Phi) is 4.09. The monoisotopic (exact) mass is 321 g/mol. The van der Waals surface area contributed by atoms with E-state index < -0.39 is 0 Å². The maximum atomic E-state index is 9.96. The van der Waals surface area contributed by atoms with E-state index in [0.717, 1.165) is 13.1 Å². The van der Waals surface area contributed by atoms with Gasteiger partial charge in [-0.05, 0) is 55.0 Å². The third-order valence-electron chi connectivity index (χ3n) is 6.54. The van der Waals surface area contributed by atoms with Crippen molar-refractivity contribution < 1.29 is 5.11 Å². The van der Waals surface area contributed by atoms with Crippen LogP contribution in [0.15, 0.2) is 54.6 Å². The zero-order valence-electron chi connectivity index (χ0n) is 14.5. The fraction of sp³-hybridized carbons (Fsp3) is 0.455. The lowest BCUT2D eigenvalue weighted by atomic mass is 9.57. The number of rotatable bonds is 3. The molecule has 3 atom stereocenters. The van der Waals surface area contributed by atoms with E-state index in [2.05, 4.69) is 48.2 Å². The van der Waals surface area contributed by atoms with Gasteiger partial charge in [0.15, 0.2) is 0 Å². The van der Waals surface area contributed by atoms with E-state index in [1.807, 2.05) is 12.1 Å². The Balaban J connectivity index is 1.61.